The maximum Gasteiger partial charge on any atom is 0.300 e. The Labute approximate surface area is 116 Å². The summed E-state index contributed by atoms with van der Waals surface area (Å²) < 4.78 is 0. The van der Waals surface area contributed by atoms with E-state index in [1.165, 1.54) is 6.07 Å². The van der Waals surface area contributed by atoms with Crippen LogP contribution in [-0.2, 0) is 0 Å². The molecule has 0 radical (unpaired) electrons. The number of hydrogen-bond acceptors (Lipinski definition) is 5. The summed E-state index contributed by atoms with van der Waals surface area (Å²) in [6.45, 7) is 2.41. The van der Waals surface area contributed by atoms with Crippen LogP contribution < -0.4 is 5.73 Å². The number of hydrogen-bond donors (Lipinski definition) is 1. The number of nitrogens with zero attached hydrogens (tertiary/aromatic N) is 3. The molecule has 1 aliphatic rings. The van der Waals surface area contributed by atoms with E-state index < -0.39 is 4.92 Å². The summed E-state index contributed by atoms with van der Waals surface area (Å²) in [5.41, 5.74) is 5.29. The number of carbonyl (C=O) groups is 1. The molecule has 1 aromatic heterocycles. The summed E-state index contributed by atoms with van der Waals surface area (Å²) in [6.07, 6.45) is 5.14. The van der Waals surface area contributed by atoms with Crippen molar-refractivity contribution in [3.05, 3.63) is 27.9 Å². The molecule has 20 heavy (non-hydrogen) atoms. The lowest BCUT2D eigenvalue weighted by molar-refractivity contribution is -0.385. The number of nitrogens with two attached hydrogens (primary N) is 1. The zero-order valence-electron chi connectivity index (χ0n) is 11.4. The molecule has 108 valence electrons. The van der Waals surface area contributed by atoms with Gasteiger partial charge in [0.15, 0.2) is 0 Å². The maximum atomic E-state index is 12.6. The second kappa shape index (κ2) is 5.85. The van der Waals surface area contributed by atoms with E-state index >= 15 is 0 Å². The molecule has 0 saturated heterocycles. The van der Waals surface area contributed by atoms with E-state index in [9.17, 15) is 14.9 Å². The lowest BCUT2D eigenvalue weighted by atomic mass is 10.1. The Morgan fingerprint density at radius 3 is 2.75 bits per heavy atom. The van der Waals surface area contributed by atoms with Crippen LogP contribution >= 0.6 is 0 Å². The smallest absolute Gasteiger partial charge is 0.300 e. The minimum Gasteiger partial charge on any atom is -0.384 e. The van der Waals surface area contributed by atoms with Crippen molar-refractivity contribution in [3.8, 4) is 0 Å². The molecule has 2 N–H and O–H groups in total. The number of anilines is 1. The Hall–Kier alpha value is -2.18. The monoisotopic (exact) mass is 278 g/mol. The Balaban J connectivity index is 2.35. The molecule has 0 aliphatic heterocycles. The van der Waals surface area contributed by atoms with E-state index in [2.05, 4.69) is 4.98 Å². The van der Waals surface area contributed by atoms with Gasteiger partial charge in [-0.25, -0.2) is 4.98 Å². The molecule has 2 rings (SSSR count). The van der Waals surface area contributed by atoms with Crippen LogP contribution in [0.3, 0.4) is 0 Å². The van der Waals surface area contributed by atoms with Gasteiger partial charge >= 0.3 is 0 Å². The molecule has 1 saturated carbocycles. The van der Waals surface area contributed by atoms with Gasteiger partial charge in [-0.2, -0.15) is 0 Å². The number of pyridine rings is 1. The highest BCUT2D eigenvalue weighted by Crippen LogP contribution is 2.27. The Bertz CT molecular complexity index is 526. The summed E-state index contributed by atoms with van der Waals surface area (Å²) in [5, 5.41) is 11.0. The molecular weight excluding hydrogens is 260 g/mol. The molecule has 7 nitrogen and oxygen atoms in total. The van der Waals surface area contributed by atoms with Crippen molar-refractivity contribution in [1.29, 1.82) is 0 Å². The summed E-state index contributed by atoms with van der Waals surface area (Å²) in [4.78, 5) is 28.4. The Morgan fingerprint density at radius 2 is 2.20 bits per heavy atom. The summed E-state index contributed by atoms with van der Waals surface area (Å²) >= 11 is 0. The molecule has 1 aliphatic carbocycles. The molecule has 0 atom stereocenters. The molecule has 0 spiro atoms. The molecule has 1 aromatic rings. The molecule has 1 amide bonds. The fourth-order valence-corrected chi connectivity index (χ4v) is 2.72. The number of carbonyl (C=O) groups excluding carboxylic acids is 1. The number of aromatic nitrogens is 1. The first kappa shape index (κ1) is 14.2. The van der Waals surface area contributed by atoms with Gasteiger partial charge in [0.05, 0.1) is 4.92 Å². The van der Waals surface area contributed by atoms with Crippen LogP contribution in [0.2, 0.25) is 0 Å². The lowest BCUT2D eigenvalue weighted by Gasteiger charge is -2.27. The summed E-state index contributed by atoms with van der Waals surface area (Å²) in [7, 11) is 0. The largest absolute Gasteiger partial charge is 0.384 e. The second-order valence-electron chi connectivity index (χ2n) is 4.91. The van der Waals surface area contributed by atoms with Gasteiger partial charge in [0.1, 0.15) is 17.6 Å². The average molecular weight is 278 g/mol. The molecule has 1 fully saturated rings. The van der Waals surface area contributed by atoms with Crippen molar-refractivity contribution in [2.45, 2.75) is 38.6 Å². The van der Waals surface area contributed by atoms with Crippen molar-refractivity contribution in [2.24, 2.45) is 0 Å². The minimum atomic E-state index is -0.595. The van der Waals surface area contributed by atoms with Crippen molar-refractivity contribution in [2.75, 3.05) is 12.3 Å². The van der Waals surface area contributed by atoms with Gasteiger partial charge in [0.2, 0.25) is 0 Å². The Kier molecular flexibility index (Phi) is 4.16. The minimum absolute atomic E-state index is 0.0243. The van der Waals surface area contributed by atoms with Gasteiger partial charge < -0.3 is 10.6 Å². The van der Waals surface area contributed by atoms with Crippen molar-refractivity contribution < 1.29 is 9.72 Å². The van der Waals surface area contributed by atoms with Crippen LogP contribution in [0.25, 0.3) is 0 Å². The van der Waals surface area contributed by atoms with Crippen LogP contribution in [-0.4, -0.2) is 33.3 Å². The third kappa shape index (κ3) is 2.71. The van der Waals surface area contributed by atoms with Gasteiger partial charge in [-0.3, -0.25) is 14.9 Å². The highest BCUT2D eigenvalue weighted by molar-refractivity contribution is 5.98. The number of rotatable bonds is 4. The molecule has 7 heteroatoms. The number of nitro groups is 1. The van der Waals surface area contributed by atoms with Crippen LogP contribution in [0.15, 0.2) is 12.3 Å². The highest BCUT2D eigenvalue weighted by atomic mass is 16.6. The highest BCUT2D eigenvalue weighted by Gasteiger charge is 2.30. The van der Waals surface area contributed by atoms with Gasteiger partial charge in [-0.1, -0.05) is 12.8 Å². The van der Waals surface area contributed by atoms with E-state index in [1.807, 2.05) is 6.92 Å². The second-order valence-corrected chi connectivity index (χ2v) is 4.91. The van der Waals surface area contributed by atoms with Gasteiger partial charge in [0, 0.05) is 12.6 Å². The first-order valence-corrected chi connectivity index (χ1v) is 6.75. The molecule has 0 unspecified atom stereocenters. The first-order valence-electron chi connectivity index (χ1n) is 6.75. The van der Waals surface area contributed by atoms with Gasteiger partial charge in [0.25, 0.3) is 11.6 Å². The molecule has 0 bridgehead atoms. The summed E-state index contributed by atoms with van der Waals surface area (Å²) in [5.74, 6) is -0.221. The Morgan fingerprint density at radius 1 is 1.55 bits per heavy atom. The predicted octanol–water partition coefficient (Wildman–Crippen LogP) is 1.98. The van der Waals surface area contributed by atoms with Gasteiger partial charge in [-0.15, -0.1) is 0 Å². The normalized spacial score (nSPS) is 15.2. The maximum absolute atomic E-state index is 12.6. The topological polar surface area (TPSA) is 102 Å². The van der Waals surface area contributed by atoms with Crippen molar-refractivity contribution in [1.82, 2.24) is 9.88 Å². The number of amides is 1. The first-order chi connectivity index (χ1) is 9.54. The zero-order chi connectivity index (χ0) is 14.7. The van der Waals surface area contributed by atoms with Crippen LogP contribution in [0.1, 0.15) is 43.0 Å². The van der Waals surface area contributed by atoms with Crippen LogP contribution in [0.4, 0.5) is 11.5 Å². The SMILES string of the molecule is CCN(C(=O)c1cc(N)ncc1[N+](=O)[O-])C1CCCC1. The van der Waals surface area contributed by atoms with E-state index in [0.29, 0.717) is 6.54 Å². The van der Waals surface area contributed by atoms with E-state index in [0.717, 1.165) is 31.9 Å². The zero-order valence-corrected chi connectivity index (χ0v) is 11.4. The summed E-state index contributed by atoms with van der Waals surface area (Å²) in [6, 6.07) is 1.46. The average Bonchev–Trinajstić information content (AvgIpc) is 2.93. The van der Waals surface area contributed by atoms with Crippen LogP contribution in [0.5, 0.6) is 0 Å². The van der Waals surface area contributed by atoms with E-state index in [4.69, 9.17) is 5.73 Å². The van der Waals surface area contributed by atoms with E-state index in [-0.39, 0.29) is 29.0 Å². The van der Waals surface area contributed by atoms with Crippen molar-refractivity contribution in [3.63, 3.8) is 0 Å². The van der Waals surface area contributed by atoms with E-state index in [1.54, 1.807) is 4.90 Å². The van der Waals surface area contributed by atoms with Gasteiger partial charge in [-0.05, 0) is 25.8 Å². The fourth-order valence-electron chi connectivity index (χ4n) is 2.72. The molecule has 1 heterocycles. The third-order valence-corrected chi connectivity index (χ3v) is 3.70. The molecular formula is C13H18N4O3. The lowest BCUT2D eigenvalue weighted by Crippen LogP contribution is -2.39. The third-order valence-electron chi connectivity index (χ3n) is 3.70. The standard InChI is InChI=1S/C13H18N4O3/c1-2-16(9-5-3-4-6-9)13(18)10-7-12(14)15-8-11(10)17(19)20/h7-9H,2-6H2,1H3,(H2,14,15). The number of nitrogen functional groups attached to an aromatic ring is 1. The van der Waals surface area contributed by atoms with Crippen molar-refractivity contribution >= 4 is 17.4 Å². The quantitative estimate of drug-likeness (QED) is 0.670. The van der Waals surface area contributed by atoms with Crippen LogP contribution in [0, 0.1) is 10.1 Å². The predicted molar refractivity (Wildman–Crippen MR) is 74.3 cm³/mol. The molecule has 0 aromatic carbocycles. The fraction of sp³-hybridized carbons (Fsp3) is 0.538.